The van der Waals surface area contributed by atoms with Crippen molar-refractivity contribution in [3.8, 4) is 0 Å². The van der Waals surface area contributed by atoms with Gasteiger partial charge in [-0.3, -0.25) is 4.79 Å². The minimum Gasteiger partial charge on any atom is -0.325 e. The summed E-state index contributed by atoms with van der Waals surface area (Å²) in [7, 11) is 0. The molecule has 1 aliphatic carbocycles. The van der Waals surface area contributed by atoms with Gasteiger partial charge in [0.05, 0.1) is 5.69 Å². The molecular weight excluding hydrogens is 311 g/mol. The largest absolute Gasteiger partial charge is 0.325 e. The first-order valence-corrected chi connectivity index (χ1v) is 7.32. The Hall–Kier alpha value is -0.940. The molecule has 1 aromatic rings. The second kappa shape index (κ2) is 6.01. The molecule has 19 heavy (non-hydrogen) atoms. The first kappa shape index (κ1) is 14.5. The standard InChI is InChI=1S/C14H18BrFN2O/c15-10-4-5-12(11(16)8-10)18-13(19)9-14(17)6-2-1-3-7-14/h4-5,8H,1-3,6-7,9,17H2,(H,18,19). The van der Waals surface area contributed by atoms with Crippen LogP contribution in [0.5, 0.6) is 0 Å². The lowest BCUT2D eigenvalue weighted by atomic mass is 9.80. The Balaban J connectivity index is 1.97. The number of hydrogen-bond donors (Lipinski definition) is 2. The Morgan fingerprint density at radius 2 is 2.05 bits per heavy atom. The van der Waals surface area contributed by atoms with E-state index in [0.29, 0.717) is 4.47 Å². The summed E-state index contributed by atoms with van der Waals surface area (Å²) < 4.78 is 14.3. The molecule has 0 aromatic heterocycles. The summed E-state index contributed by atoms with van der Waals surface area (Å²) >= 11 is 3.18. The summed E-state index contributed by atoms with van der Waals surface area (Å²) in [6.45, 7) is 0. The van der Waals surface area contributed by atoms with E-state index in [1.54, 1.807) is 12.1 Å². The molecule has 1 amide bonds. The fourth-order valence-corrected chi connectivity index (χ4v) is 2.87. The summed E-state index contributed by atoms with van der Waals surface area (Å²) in [5.74, 6) is -0.664. The molecular formula is C14H18BrFN2O. The molecule has 1 fully saturated rings. The molecule has 2 rings (SSSR count). The Kier molecular flexibility index (Phi) is 4.58. The van der Waals surface area contributed by atoms with Crippen molar-refractivity contribution in [1.29, 1.82) is 0 Å². The van der Waals surface area contributed by atoms with E-state index < -0.39 is 11.4 Å². The van der Waals surface area contributed by atoms with Crippen LogP contribution in [0.1, 0.15) is 38.5 Å². The number of amides is 1. The van der Waals surface area contributed by atoms with Crippen LogP contribution in [-0.4, -0.2) is 11.4 Å². The highest BCUT2D eigenvalue weighted by atomic mass is 79.9. The van der Waals surface area contributed by atoms with Crippen molar-refractivity contribution in [3.63, 3.8) is 0 Å². The zero-order valence-electron chi connectivity index (χ0n) is 10.7. The van der Waals surface area contributed by atoms with Gasteiger partial charge >= 0.3 is 0 Å². The molecule has 0 aliphatic heterocycles. The highest BCUT2D eigenvalue weighted by molar-refractivity contribution is 9.10. The number of nitrogens with one attached hydrogen (secondary N) is 1. The van der Waals surface area contributed by atoms with E-state index in [9.17, 15) is 9.18 Å². The average Bonchev–Trinajstić information content (AvgIpc) is 2.33. The number of benzene rings is 1. The van der Waals surface area contributed by atoms with Gasteiger partial charge in [-0.2, -0.15) is 0 Å². The SMILES string of the molecule is NC1(CC(=O)Nc2ccc(Br)cc2F)CCCCC1. The molecule has 1 aliphatic rings. The molecule has 104 valence electrons. The van der Waals surface area contributed by atoms with Crippen LogP contribution in [-0.2, 0) is 4.79 Å². The van der Waals surface area contributed by atoms with Gasteiger partial charge in [0.1, 0.15) is 5.82 Å². The van der Waals surface area contributed by atoms with Crippen LogP contribution in [0, 0.1) is 5.82 Å². The van der Waals surface area contributed by atoms with Crippen molar-refractivity contribution in [2.24, 2.45) is 5.73 Å². The lowest BCUT2D eigenvalue weighted by Gasteiger charge is -2.32. The fourth-order valence-electron chi connectivity index (χ4n) is 2.54. The van der Waals surface area contributed by atoms with Gasteiger partial charge in [0.15, 0.2) is 0 Å². The van der Waals surface area contributed by atoms with Crippen LogP contribution in [0.3, 0.4) is 0 Å². The molecule has 3 N–H and O–H groups in total. The zero-order chi connectivity index (χ0) is 13.9. The molecule has 0 saturated heterocycles. The normalized spacial score (nSPS) is 18.1. The fraction of sp³-hybridized carbons (Fsp3) is 0.500. The summed E-state index contributed by atoms with van der Waals surface area (Å²) in [6, 6.07) is 4.56. The second-order valence-corrected chi connectivity index (χ2v) is 6.19. The van der Waals surface area contributed by atoms with Crippen molar-refractivity contribution in [2.45, 2.75) is 44.1 Å². The van der Waals surface area contributed by atoms with E-state index in [1.807, 2.05) is 0 Å². The number of carbonyl (C=O) groups excluding carboxylic acids is 1. The van der Waals surface area contributed by atoms with Crippen LogP contribution in [0.4, 0.5) is 10.1 Å². The first-order chi connectivity index (χ1) is 8.98. The zero-order valence-corrected chi connectivity index (χ0v) is 12.3. The smallest absolute Gasteiger partial charge is 0.226 e. The lowest BCUT2D eigenvalue weighted by Crippen LogP contribution is -2.44. The Labute approximate surface area is 120 Å². The summed E-state index contributed by atoms with van der Waals surface area (Å²) in [6.07, 6.45) is 5.30. The van der Waals surface area contributed by atoms with Crippen molar-refractivity contribution < 1.29 is 9.18 Å². The Bertz CT molecular complexity index is 473. The molecule has 5 heteroatoms. The third-order valence-electron chi connectivity index (χ3n) is 3.57. The maximum atomic E-state index is 13.6. The molecule has 0 heterocycles. The molecule has 1 aromatic carbocycles. The van der Waals surface area contributed by atoms with Crippen molar-refractivity contribution in [3.05, 3.63) is 28.5 Å². The monoisotopic (exact) mass is 328 g/mol. The second-order valence-electron chi connectivity index (χ2n) is 5.27. The van der Waals surface area contributed by atoms with Crippen LogP contribution < -0.4 is 11.1 Å². The number of nitrogens with two attached hydrogens (primary N) is 1. The number of anilines is 1. The number of halogens is 2. The van der Waals surface area contributed by atoms with E-state index >= 15 is 0 Å². The van der Waals surface area contributed by atoms with Gasteiger partial charge in [0, 0.05) is 16.4 Å². The van der Waals surface area contributed by atoms with Crippen molar-refractivity contribution >= 4 is 27.5 Å². The molecule has 0 bridgehead atoms. The minimum atomic E-state index is -0.447. The van der Waals surface area contributed by atoms with Gasteiger partial charge in [0.2, 0.25) is 5.91 Å². The quantitative estimate of drug-likeness (QED) is 0.891. The molecule has 3 nitrogen and oxygen atoms in total. The van der Waals surface area contributed by atoms with E-state index in [2.05, 4.69) is 21.2 Å². The molecule has 0 spiro atoms. The van der Waals surface area contributed by atoms with Crippen molar-refractivity contribution in [1.82, 2.24) is 0 Å². The summed E-state index contributed by atoms with van der Waals surface area (Å²) in [4.78, 5) is 12.0. The number of rotatable bonds is 3. The highest BCUT2D eigenvalue weighted by Crippen LogP contribution is 2.29. The van der Waals surface area contributed by atoms with E-state index in [0.717, 1.165) is 25.7 Å². The van der Waals surface area contributed by atoms with Crippen molar-refractivity contribution in [2.75, 3.05) is 5.32 Å². The van der Waals surface area contributed by atoms with Gasteiger partial charge in [-0.15, -0.1) is 0 Å². The predicted molar refractivity (Wildman–Crippen MR) is 77.4 cm³/mol. The minimum absolute atomic E-state index is 0.201. The topological polar surface area (TPSA) is 55.1 Å². The van der Waals surface area contributed by atoms with Gasteiger partial charge in [-0.05, 0) is 31.0 Å². The lowest BCUT2D eigenvalue weighted by molar-refractivity contribution is -0.117. The number of carbonyl (C=O) groups is 1. The maximum absolute atomic E-state index is 13.6. The molecule has 1 saturated carbocycles. The van der Waals surface area contributed by atoms with Gasteiger partial charge in [0.25, 0.3) is 0 Å². The van der Waals surface area contributed by atoms with Gasteiger partial charge in [-0.1, -0.05) is 35.2 Å². The predicted octanol–water partition coefficient (Wildman–Crippen LogP) is 3.58. The molecule has 0 radical (unpaired) electrons. The Morgan fingerprint density at radius 3 is 2.68 bits per heavy atom. The van der Waals surface area contributed by atoms with Gasteiger partial charge in [-0.25, -0.2) is 4.39 Å². The van der Waals surface area contributed by atoms with Crippen LogP contribution in [0.25, 0.3) is 0 Å². The van der Waals surface area contributed by atoms with E-state index in [4.69, 9.17) is 5.73 Å². The van der Waals surface area contributed by atoms with Crippen LogP contribution >= 0.6 is 15.9 Å². The molecule has 0 atom stereocenters. The van der Waals surface area contributed by atoms with E-state index in [1.165, 1.54) is 12.5 Å². The maximum Gasteiger partial charge on any atom is 0.226 e. The summed E-state index contributed by atoms with van der Waals surface area (Å²) in [5, 5.41) is 2.60. The first-order valence-electron chi connectivity index (χ1n) is 6.52. The molecule has 0 unspecified atom stereocenters. The highest BCUT2D eigenvalue weighted by Gasteiger charge is 2.30. The third-order valence-corrected chi connectivity index (χ3v) is 4.06. The van der Waals surface area contributed by atoms with Gasteiger partial charge < -0.3 is 11.1 Å². The number of hydrogen-bond acceptors (Lipinski definition) is 2. The van der Waals surface area contributed by atoms with E-state index in [-0.39, 0.29) is 18.0 Å². The third kappa shape index (κ3) is 4.01. The van der Waals surface area contributed by atoms with Crippen LogP contribution in [0.2, 0.25) is 0 Å². The van der Waals surface area contributed by atoms with Crippen LogP contribution in [0.15, 0.2) is 22.7 Å². The summed E-state index contributed by atoms with van der Waals surface area (Å²) in [5.41, 5.74) is 5.99. The average molecular weight is 329 g/mol. The Morgan fingerprint density at radius 1 is 1.37 bits per heavy atom.